The van der Waals surface area contributed by atoms with Crippen LogP contribution in [0.4, 0.5) is 0 Å². The number of benzene rings is 1. The minimum Gasteiger partial charge on any atom is -0.465 e. The summed E-state index contributed by atoms with van der Waals surface area (Å²) in [5.41, 5.74) is 2.85. The van der Waals surface area contributed by atoms with Crippen LogP contribution in [0.2, 0.25) is 0 Å². The molecule has 4 nitrogen and oxygen atoms in total. The van der Waals surface area contributed by atoms with Crippen LogP contribution < -0.4 is 0 Å². The Morgan fingerprint density at radius 1 is 1.30 bits per heavy atom. The van der Waals surface area contributed by atoms with Gasteiger partial charge in [-0.3, -0.25) is 4.98 Å². The van der Waals surface area contributed by atoms with E-state index >= 15 is 0 Å². The smallest absolute Gasteiger partial charge is 0.349 e. The Morgan fingerprint density at radius 3 is 2.90 bits per heavy atom. The number of methoxy groups -OCH3 is 1. The van der Waals surface area contributed by atoms with Crippen molar-refractivity contribution >= 4 is 28.2 Å². The first-order valence-corrected chi connectivity index (χ1v) is 6.91. The van der Waals surface area contributed by atoms with E-state index in [1.807, 2.05) is 37.3 Å². The second kappa shape index (κ2) is 5.02. The van der Waals surface area contributed by atoms with Gasteiger partial charge in [0.1, 0.15) is 9.88 Å². The molecule has 3 rings (SSSR count). The fraction of sp³-hybridized carbons (Fsp3) is 0.133. The van der Waals surface area contributed by atoms with E-state index in [0.717, 1.165) is 27.2 Å². The molecule has 2 aromatic heterocycles. The van der Waals surface area contributed by atoms with Crippen molar-refractivity contribution in [3.8, 4) is 10.6 Å². The number of fused-ring (bicyclic) bond motifs is 1. The first-order chi connectivity index (χ1) is 9.69. The number of hydrogen-bond acceptors (Lipinski definition) is 5. The summed E-state index contributed by atoms with van der Waals surface area (Å²) in [6.07, 6.45) is 1.55. The lowest BCUT2D eigenvalue weighted by Crippen LogP contribution is -1.96. The molecule has 0 atom stereocenters. The molecular weight excluding hydrogens is 272 g/mol. The highest BCUT2D eigenvalue weighted by Crippen LogP contribution is 2.31. The van der Waals surface area contributed by atoms with Crippen molar-refractivity contribution < 1.29 is 9.53 Å². The van der Waals surface area contributed by atoms with E-state index in [9.17, 15) is 4.79 Å². The standard InChI is InChI=1S/C15H12N2O2S/c1-9-7-11(10-5-3-4-6-12(10)17-9)14-16-8-13(20-14)15(18)19-2/h3-8H,1-2H3. The summed E-state index contributed by atoms with van der Waals surface area (Å²) in [6.45, 7) is 1.95. The maximum Gasteiger partial charge on any atom is 0.349 e. The van der Waals surface area contributed by atoms with Crippen molar-refractivity contribution in [2.75, 3.05) is 7.11 Å². The number of para-hydroxylation sites is 1. The molecule has 0 radical (unpaired) electrons. The fourth-order valence-electron chi connectivity index (χ4n) is 2.08. The van der Waals surface area contributed by atoms with Crippen LogP contribution in [0.3, 0.4) is 0 Å². The molecule has 0 aliphatic rings. The normalized spacial score (nSPS) is 10.7. The van der Waals surface area contributed by atoms with Crippen LogP contribution >= 0.6 is 11.3 Å². The fourth-order valence-corrected chi connectivity index (χ4v) is 2.94. The highest BCUT2D eigenvalue weighted by atomic mass is 32.1. The number of carbonyl (C=O) groups is 1. The van der Waals surface area contributed by atoms with Gasteiger partial charge >= 0.3 is 5.97 Å². The first-order valence-electron chi connectivity index (χ1n) is 6.10. The molecule has 0 saturated heterocycles. The second-order valence-electron chi connectivity index (χ2n) is 4.35. The lowest BCUT2D eigenvalue weighted by atomic mass is 10.1. The van der Waals surface area contributed by atoms with E-state index in [1.165, 1.54) is 18.4 Å². The van der Waals surface area contributed by atoms with Crippen molar-refractivity contribution in [2.24, 2.45) is 0 Å². The summed E-state index contributed by atoms with van der Waals surface area (Å²) < 4.78 is 4.72. The third-order valence-electron chi connectivity index (χ3n) is 2.97. The van der Waals surface area contributed by atoms with Gasteiger partial charge in [0, 0.05) is 16.6 Å². The quantitative estimate of drug-likeness (QED) is 0.676. The van der Waals surface area contributed by atoms with E-state index in [4.69, 9.17) is 4.74 Å². The number of carbonyl (C=O) groups excluding carboxylic acids is 1. The molecule has 20 heavy (non-hydrogen) atoms. The average molecular weight is 284 g/mol. The van der Waals surface area contributed by atoms with Gasteiger partial charge < -0.3 is 4.74 Å². The lowest BCUT2D eigenvalue weighted by molar-refractivity contribution is 0.0606. The Kier molecular flexibility index (Phi) is 3.20. The largest absolute Gasteiger partial charge is 0.465 e. The van der Waals surface area contributed by atoms with E-state index < -0.39 is 0 Å². The third kappa shape index (κ3) is 2.16. The molecule has 0 N–H and O–H groups in total. The first kappa shape index (κ1) is 12.7. The molecule has 3 aromatic rings. The summed E-state index contributed by atoms with van der Waals surface area (Å²) in [5, 5.41) is 1.83. The second-order valence-corrected chi connectivity index (χ2v) is 5.38. The van der Waals surface area contributed by atoms with Gasteiger partial charge in [-0.25, -0.2) is 9.78 Å². The molecule has 0 aliphatic heterocycles. The molecular formula is C15H12N2O2S. The Hall–Kier alpha value is -2.27. The van der Waals surface area contributed by atoms with Crippen LogP contribution in [0, 0.1) is 6.92 Å². The van der Waals surface area contributed by atoms with E-state index in [1.54, 1.807) is 6.20 Å². The minimum atomic E-state index is -0.358. The topological polar surface area (TPSA) is 52.1 Å². The van der Waals surface area contributed by atoms with Crippen molar-refractivity contribution in [3.05, 3.63) is 47.1 Å². The number of pyridine rings is 1. The monoisotopic (exact) mass is 284 g/mol. The molecule has 100 valence electrons. The highest BCUT2D eigenvalue weighted by Gasteiger charge is 2.14. The Morgan fingerprint density at radius 2 is 2.10 bits per heavy atom. The number of nitrogens with zero attached hydrogens (tertiary/aromatic N) is 2. The number of thiazole rings is 1. The van der Waals surface area contributed by atoms with Gasteiger partial charge in [0.05, 0.1) is 18.8 Å². The molecule has 1 aromatic carbocycles. The van der Waals surface area contributed by atoms with Crippen molar-refractivity contribution in [2.45, 2.75) is 6.92 Å². The zero-order chi connectivity index (χ0) is 14.1. The maximum absolute atomic E-state index is 11.5. The van der Waals surface area contributed by atoms with Gasteiger partial charge in [-0.1, -0.05) is 18.2 Å². The maximum atomic E-state index is 11.5. The van der Waals surface area contributed by atoms with Crippen LogP contribution in [0.5, 0.6) is 0 Å². The minimum absolute atomic E-state index is 0.358. The molecule has 0 bridgehead atoms. The van der Waals surface area contributed by atoms with E-state index in [2.05, 4.69) is 9.97 Å². The zero-order valence-corrected chi connectivity index (χ0v) is 11.9. The number of aromatic nitrogens is 2. The molecule has 0 fully saturated rings. The number of ether oxygens (including phenoxy) is 1. The van der Waals surface area contributed by atoms with Crippen molar-refractivity contribution in [3.63, 3.8) is 0 Å². The average Bonchev–Trinajstić information content (AvgIpc) is 2.95. The predicted octanol–water partition coefficient (Wildman–Crippen LogP) is 3.45. The van der Waals surface area contributed by atoms with Crippen molar-refractivity contribution in [1.29, 1.82) is 0 Å². The summed E-state index contributed by atoms with van der Waals surface area (Å²) in [4.78, 5) is 20.9. The van der Waals surface area contributed by atoms with Crippen LogP contribution in [0.1, 0.15) is 15.4 Å². The Bertz CT molecular complexity index is 795. The van der Waals surface area contributed by atoms with Gasteiger partial charge in [-0.15, -0.1) is 11.3 Å². The van der Waals surface area contributed by atoms with Crippen LogP contribution in [0.25, 0.3) is 21.5 Å². The molecule has 2 heterocycles. The van der Waals surface area contributed by atoms with E-state index in [-0.39, 0.29) is 5.97 Å². The van der Waals surface area contributed by atoms with Gasteiger partial charge in [0.15, 0.2) is 0 Å². The van der Waals surface area contributed by atoms with Gasteiger partial charge in [0.2, 0.25) is 0 Å². The molecule has 0 aliphatic carbocycles. The number of rotatable bonds is 2. The van der Waals surface area contributed by atoms with Gasteiger partial charge in [0.25, 0.3) is 0 Å². The molecule has 5 heteroatoms. The van der Waals surface area contributed by atoms with Crippen molar-refractivity contribution in [1.82, 2.24) is 9.97 Å². The van der Waals surface area contributed by atoms with Crippen LogP contribution in [-0.4, -0.2) is 23.0 Å². The van der Waals surface area contributed by atoms with Gasteiger partial charge in [-0.2, -0.15) is 0 Å². The summed E-state index contributed by atoms with van der Waals surface area (Å²) in [6, 6.07) is 9.90. The molecule has 0 amide bonds. The molecule has 0 saturated carbocycles. The zero-order valence-electron chi connectivity index (χ0n) is 11.1. The molecule has 0 unspecified atom stereocenters. The number of hydrogen-bond donors (Lipinski definition) is 0. The van der Waals surface area contributed by atoms with Crippen LogP contribution in [-0.2, 0) is 4.74 Å². The summed E-state index contributed by atoms with van der Waals surface area (Å²) >= 11 is 1.33. The van der Waals surface area contributed by atoms with E-state index in [0.29, 0.717) is 4.88 Å². The SMILES string of the molecule is COC(=O)c1cnc(-c2cc(C)nc3ccccc23)s1. The summed E-state index contributed by atoms with van der Waals surface area (Å²) in [5.74, 6) is -0.358. The highest BCUT2D eigenvalue weighted by molar-refractivity contribution is 7.16. The molecule has 0 spiro atoms. The van der Waals surface area contributed by atoms with Gasteiger partial charge in [-0.05, 0) is 19.1 Å². The summed E-state index contributed by atoms with van der Waals surface area (Å²) in [7, 11) is 1.37. The number of aryl methyl sites for hydroxylation is 1. The Labute approximate surface area is 120 Å². The predicted molar refractivity (Wildman–Crippen MR) is 78.9 cm³/mol. The lowest BCUT2D eigenvalue weighted by Gasteiger charge is -2.04. The van der Waals surface area contributed by atoms with Crippen LogP contribution in [0.15, 0.2) is 36.5 Å². The number of esters is 1. The third-order valence-corrected chi connectivity index (χ3v) is 3.98. The Balaban J connectivity index is 2.19.